The zero-order valence-corrected chi connectivity index (χ0v) is 12.2. The Morgan fingerprint density at radius 2 is 2.00 bits per heavy atom. The highest BCUT2D eigenvalue weighted by Gasteiger charge is 2.16. The Labute approximate surface area is 123 Å². The van der Waals surface area contributed by atoms with Gasteiger partial charge >= 0.3 is 0 Å². The van der Waals surface area contributed by atoms with E-state index in [9.17, 15) is 4.79 Å². The normalized spacial score (nSPS) is 10.8. The molecular weight excluding hydrogens is 278 g/mol. The summed E-state index contributed by atoms with van der Waals surface area (Å²) < 4.78 is 5.16. The van der Waals surface area contributed by atoms with Gasteiger partial charge in [-0.3, -0.25) is 4.79 Å². The third-order valence-electron chi connectivity index (χ3n) is 2.51. The predicted octanol–water partition coefficient (Wildman–Crippen LogP) is 2.23. The summed E-state index contributed by atoms with van der Waals surface area (Å²) in [4.78, 5) is 11.8. The Kier molecular flexibility index (Phi) is 5.30. The van der Waals surface area contributed by atoms with Crippen molar-refractivity contribution in [2.45, 2.75) is 19.4 Å². The largest absolute Gasteiger partial charge is 0.355 e. The number of amides is 1. The Bertz CT molecular complexity index is 561. The molecule has 0 saturated heterocycles. The van der Waals surface area contributed by atoms with E-state index in [1.165, 1.54) is 0 Å². The molecule has 0 radical (unpaired) electrons. The van der Waals surface area contributed by atoms with Crippen LogP contribution in [0.3, 0.4) is 0 Å². The fraction of sp³-hybridized carbons (Fsp3) is 0.286. The molecule has 1 aromatic carbocycles. The topological polar surface area (TPSA) is 81.1 Å². The van der Waals surface area contributed by atoms with Crippen LogP contribution in [0.4, 0.5) is 0 Å². The van der Waals surface area contributed by atoms with Gasteiger partial charge < -0.3 is 15.6 Å². The van der Waals surface area contributed by atoms with Gasteiger partial charge in [0.15, 0.2) is 11.5 Å². The molecule has 0 aliphatic rings. The van der Waals surface area contributed by atoms with Crippen molar-refractivity contribution in [3.05, 3.63) is 42.1 Å². The van der Waals surface area contributed by atoms with Gasteiger partial charge in [-0.15, -0.1) is 12.4 Å². The van der Waals surface area contributed by atoms with Crippen molar-refractivity contribution in [2.24, 2.45) is 5.73 Å². The molecule has 1 amide bonds. The lowest BCUT2D eigenvalue weighted by molar-refractivity contribution is 0.0937. The van der Waals surface area contributed by atoms with Crippen LogP contribution >= 0.6 is 12.4 Å². The second-order valence-electron chi connectivity index (χ2n) is 5.11. The van der Waals surface area contributed by atoms with E-state index >= 15 is 0 Å². The second kappa shape index (κ2) is 6.54. The van der Waals surface area contributed by atoms with Crippen molar-refractivity contribution in [2.75, 3.05) is 6.54 Å². The van der Waals surface area contributed by atoms with E-state index in [4.69, 9.17) is 10.3 Å². The summed E-state index contributed by atoms with van der Waals surface area (Å²) in [5.74, 6) is 0.280. The Morgan fingerprint density at radius 3 is 2.60 bits per heavy atom. The molecule has 2 aromatic rings. The van der Waals surface area contributed by atoms with Crippen LogP contribution < -0.4 is 11.1 Å². The maximum absolute atomic E-state index is 11.8. The maximum atomic E-state index is 11.8. The van der Waals surface area contributed by atoms with Crippen molar-refractivity contribution in [3.63, 3.8) is 0 Å². The number of nitrogens with one attached hydrogen (secondary N) is 1. The molecular formula is C14H18ClN3O2. The molecule has 1 aromatic heterocycles. The first-order chi connectivity index (χ1) is 8.96. The number of carbonyl (C=O) groups excluding carboxylic acids is 1. The van der Waals surface area contributed by atoms with Crippen LogP contribution in [-0.4, -0.2) is 23.1 Å². The summed E-state index contributed by atoms with van der Waals surface area (Å²) in [7, 11) is 0. The monoisotopic (exact) mass is 295 g/mol. The summed E-state index contributed by atoms with van der Waals surface area (Å²) in [6.45, 7) is 4.05. The van der Waals surface area contributed by atoms with Crippen LogP contribution in [0.1, 0.15) is 24.3 Å². The third kappa shape index (κ3) is 4.36. The summed E-state index contributed by atoms with van der Waals surface area (Å²) in [5, 5.41) is 6.48. The van der Waals surface area contributed by atoms with Gasteiger partial charge in [0.2, 0.25) is 0 Å². The third-order valence-corrected chi connectivity index (χ3v) is 2.51. The van der Waals surface area contributed by atoms with Crippen molar-refractivity contribution < 1.29 is 9.32 Å². The fourth-order valence-electron chi connectivity index (χ4n) is 1.52. The smallest absolute Gasteiger partial charge is 0.273 e. The van der Waals surface area contributed by atoms with Crippen LogP contribution in [0.5, 0.6) is 0 Å². The van der Waals surface area contributed by atoms with Gasteiger partial charge in [0.1, 0.15) is 0 Å². The number of halogens is 1. The van der Waals surface area contributed by atoms with Crippen molar-refractivity contribution in [1.29, 1.82) is 0 Å². The number of hydrogen-bond donors (Lipinski definition) is 2. The van der Waals surface area contributed by atoms with Crippen LogP contribution in [0, 0.1) is 0 Å². The zero-order chi connectivity index (χ0) is 13.9. The second-order valence-corrected chi connectivity index (χ2v) is 5.11. The summed E-state index contributed by atoms with van der Waals surface area (Å²) >= 11 is 0. The Balaban J connectivity index is 0.00000200. The van der Waals surface area contributed by atoms with E-state index < -0.39 is 5.54 Å². The molecule has 0 spiro atoms. The Hall–Kier alpha value is -1.85. The molecule has 6 heteroatoms. The molecule has 20 heavy (non-hydrogen) atoms. The highest BCUT2D eigenvalue weighted by Crippen LogP contribution is 2.19. The zero-order valence-electron chi connectivity index (χ0n) is 11.4. The highest BCUT2D eigenvalue weighted by atomic mass is 35.5. The average Bonchev–Trinajstić information content (AvgIpc) is 2.86. The standard InChI is InChI=1S/C14H17N3O2.ClH/c1-14(2,15)9-16-13(18)11-8-12(19-17-11)10-6-4-3-5-7-10;/h3-8H,9,15H2,1-2H3,(H,16,18);1H. The molecule has 5 nitrogen and oxygen atoms in total. The number of rotatable bonds is 4. The number of benzene rings is 1. The molecule has 0 atom stereocenters. The molecule has 3 N–H and O–H groups in total. The fourth-order valence-corrected chi connectivity index (χ4v) is 1.52. The minimum atomic E-state index is -0.457. The molecule has 0 fully saturated rings. The lowest BCUT2D eigenvalue weighted by atomic mass is 10.1. The van der Waals surface area contributed by atoms with Gasteiger partial charge in [0.05, 0.1) is 0 Å². The van der Waals surface area contributed by atoms with E-state index in [1.54, 1.807) is 6.07 Å². The lowest BCUT2D eigenvalue weighted by Gasteiger charge is -2.18. The lowest BCUT2D eigenvalue weighted by Crippen LogP contribution is -2.45. The number of nitrogens with two attached hydrogens (primary N) is 1. The van der Waals surface area contributed by atoms with E-state index in [-0.39, 0.29) is 24.0 Å². The highest BCUT2D eigenvalue weighted by molar-refractivity contribution is 5.93. The van der Waals surface area contributed by atoms with Gasteiger partial charge in [-0.25, -0.2) is 0 Å². The van der Waals surface area contributed by atoms with Crippen molar-refractivity contribution in [1.82, 2.24) is 10.5 Å². The van der Waals surface area contributed by atoms with Crippen molar-refractivity contribution >= 4 is 18.3 Å². The molecule has 2 rings (SSSR count). The molecule has 0 unspecified atom stereocenters. The van der Waals surface area contributed by atoms with Gasteiger partial charge in [0, 0.05) is 23.7 Å². The molecule has 0 bridgehead atoms. The van der Waals surface area contributed by atoms with Gasteiger partial charge in [-0.2, -0.15) is 0 Å². The van der Waals surface area contributed by atoms with Gasteiger partial charge in [-0.1, -0.05) is 35.5 Å². The molecule has 0 saturated carbocycles. The first-order valence-electron chi connectivity index (χ1n) is 6.05. The van der Waals surface area contributed by atoms with Crippen LogP contribution in [0.25, 0.3) is 11.3 Å². The minimum absolute atomic E-state index is 0. The predicted molar refractivity (Wildman–Crippen MR) is 79.8 cm³/mol. The van der Waals surface area contributed by atoms with Crippen molar-refractivity contribution in [3.8, 4) is 11.3 Å². The number of nitrogens with zero attached hydrogens (tertiary/aromatic N) is 1. The van der Waals surface area contributed by atoms with Crippen LogP contribution in [0.15, 0.2) is 40.9 Å². The average molecular weight is 296 g/mol. The Morgan fingerprint density at radius 1 is 1.35 bits per heavy atom. The summed E-state index contributed by atoms with van der Waals surface area (Å²) in [5.41, 5.74) is 6.48. The van der Waals surface area contributed by atoms with E-state index in [1.807, 2.05) is 44.2 Å². The first-order valence-corrected chi connectivity index (χ1v) is 6.05. The number of carbonyl (C=O) groups is 1. The van der Waals surface area contributed by atoms with E-state index in [2.05, 4.69) is 10.5 Å². The number of aromatic nitrogens is 1. The van der Waals surface area contributed by atoms with Crippen LogP contribution in [0.2, 0.25) is 0 Å². The van der Waals surface area contributed by atoms with Gasteiger partial charge in [0.25, 0.3) is 5.91 Å². The summed E-state index contributed by atoms with van der Waals surface area (Å²) in [6.07, 6.45) is 0. The minimum Gasteiger partial charge on any atom is -0.355 e. The van der Waals surface area contributed by atoms with Crippen LogP contribution in [-0.2, 0) is 0 Å². The van der Waals surface area contributed by atoms with E-state index in [0.29, 0.717) is 12.3 Å². The van der Waals surface area contributed by atoms with E-state index in [0.717, 1.165) is 5.56 Å². The summed E-state index contributed by atoms with van der Waals surface area (Å²) in [6, 6.07) is 11.1. The molecule has 0 aliphatic heterocycles. The first kappa shape index (κ1) is 16.2. The van der Waals surface area contributed by atoms with Gasteiger partial charge in [-0.05, 0) is 13.8 Å². The molecule has 108 valence electrons. The SMILES string of the molecule is CC(C)(N)CNC(=O)c1cc(-c2ccccc2)on1.Cl. The quantitative estimate of drug-likeness (QED) is 0.906. The molecule has 1 heterocycles. The molecule has 0 aliphatic carbocycles. The maximum Gasteiger partial charge on any atom is 0.273 e. The number of hydrogen-bond acceptors (Lipinski definition) is 4.